The highest BCUT2D eigenvalue weighted by atomic mass is 16.5. The number of nitrogens with zero attached hydrogens (tertiary/aromatic N) is 1. The summed E-state index contributed by atoms with van der Waals surface area (Å²) in [7, 11) is 1.85. The van der Waals surface area contributed by atoms with Crippen LogP contribution in [0.2, 0.25) is 0 Å². The Balaban J connectivity index is 1.49. The largest absolute Gasteiger partial charge is 0.379 e. The van der Waals surface area contributed by atoms with Gasteiger partial charge >= 0.3 is 0 Å². The molecule has 0 aromatic rings. The highest BCUT2D eigenvalue weighted by Gasteiger charge is 2.55. The topological polar surface area (TPSA) is 64.1 Å². The minimum atomic E-state index is 0.215. The van der Waals surface area contributed by atoms with E-state index >= 15 is 0 Å². The lowest BCUT2D eigenvalue weighted by atomic mass is 9.55. The van der Waals surface area contributed by atoms with E-state index in [-0.39, 0.29) is 12.1 Å². The summed E-state index contributed by atoms with van der Waals surface area (Å²) in [5, 5.41) is 7.18. The third-order valence-corrected chi connectivity index (χ3v) is 6.32. The van der Waals surface area contributed by atoms with Gasteiger partial charge in [0.2, 0.25) is 0 Å². The van der Waals surface area contributed by atoms with Crippen LogP contribution in [-0.4, -0.2) is 63.7 Å². The number of rotatable bonds is 7. The Kier molecular flexibility index (Phi) is 7.18. The van der Waals surface area contributed by atoms with Gasteiger partial charge in [-0.05, 0) is 39.5 Å². The smallest absolute Gasteiger partial charge is 0.191 e. The van der Waals surface area contributed by atoms with Crippen LogP contribution in [0.15, 0.2) is 4.99 Å². The number of ether oxygens (including phenoxy) is 3. The number of aliphatic imine (C=N–C) groups is 1. The molecule has 1 heterocycles. The first-order valence-corrected chi connectivity index (χ1v) is 10.5. The Hall–Kier alpha value is -0.850. The lowest BCUT2D eigenvalue weighted by Crippen LogP contribution is -2.67. The zero-order valence-corrected chi connectivity index (χ0v) is 16.8. The number of nitrogens with one attached hydrogen (secondary N) is 2. The Morgan fingerprint density at radius 1 is 1.27 bits per heavy atom. The van der Waals surface area contributed by atoms with Crippen molar-refractivity contribution in [1.29, 1.82) is 0 Å². The van der Waals surface area contributed by atoms with E-state index in [9.17, 15) is 0 Å². The van der Waals surface area contributed by atoms with Crippen LogP contribution in [0.25, 0.3) is 0 Å². The second kappa shape index (κ2) is 9.38. The van der Waals surface area contributed by atoms with Gasteiger partial charge < -0.3 is 24.8 Å². The molecule has 1 aliphatic heterocycles. The maximum Gasteiger partial charge on any atom is 0.191 e. The van der Waals surface area contributed by atoms with E-state index in [1.807, 2.05) is 7.05 Å². The van der Waals surface area contributed by atoms with Gasteiger partial charge in [-0.25, -0.2) is 0 Å². The molecule has 6 nitrogen and oxygen atoms in total. The van der Waals surface area contributed by atoms with Crippen molar-refractivity contribution in [3.63, 3.8) is 0 Å². The molecular weight excluding hydrogens is 330 g/mol. The number of hydrogen-bond acceptors (Lipinski definition) is 4. The maximum atomic E-state index is 6.06. The molecule has 0 aromatic heterocycles. The third-order valence-electron chi connectivity index (χ3n) is 6.32. The summed E-state index contributed by atoms with van der Waals surface area (Å²) in [6.45, 7) is 7.28. The highest BCUT2D eigenvalue weighted by molar-refractivity contribution is 5.80. The summed E-state index contributed by atoms with van der Waals surface area (Å²) in [6.07, 6.45) is 9.29. The number of hydrogen-bond donors (Lipinski definition) is 2. The van der Waals surface area contributed by atoms with Crippen molar-refractivity contribution in [2.75, 3.05) is 33.5 Å². The van der Waals surface area contributed by atoms with E-state index < -0.39 is 0 Å². The van der Waals surface area contributed by atoms with Crippen LogP contribution >= 0.6 is 0 Å². The van der Waals surface area contributed by atoms with Crippen molar-refractivity contribution in [1.82, 2.24) is 10.6 Å². The standard InChI is InChI=1S/C20H37N3O3/c1-4-25-18-12-17(20(18)9-6-5-7-10-20)23-19(21-3)22-15(2)13-26-16-8-11-24-14-16/h15-18H,4-14H2,1-3H3,(H2,21,22,23). The number of guanidine groups is 1. The summed E-state index contributed by atoms with van der Waals surface area (Å²) in [4.78, 5) is 4.45. The molecule has 0 radical (unpaired) electrons. The van der Waals surface area contributed by atoms with Crippen LogP contribution in [0.4, 0.5) is 0 Å². The molecule has 6 heteroatoms. The second-order valence-electron chi connectivity index (χ2n) is 8.11. The molecule has 3 fully saturated rings. The van der Waals surface area contributed by atoms with Crippen LogP contribution in [0.3, 0.4) is 0 Å². The Labute approximate surface area is 158 Å². The van der Waals surface area contributed by atoms with Crippen molar-refractivity contribution in [3.05, 3.63) is 0 Å². The molecule has 4 atom stereocenters. The fourth-order valence-electron chi connectivity index (χ4n) is 4.80. The molecule has 26 heavy (non-hydrogen) atoms. The lowest BCUT2D eigenvalue weighted by Gasteiger charge is -2.58. The summed E-state index contributed by atoms with van der Waals surface area (Å²) in [5.74, 6) is 0.883. The average molecular weight is 368 g/mol. The van der Waals surface area contributed by atoms with Crippen molar-refractivity contribution in [2.24, 2.45) is 10.4 Å². The van der Waals surface area contributed by atoms with E-state index in [1.165, 1.54) is 32.1 Å². The van der Waals surface area contributed by atoms with Crippen LogP contribution in [0.1, 0.15) is 58.8 Å². The van der Waals surface area contributed by atoms with Crippen molar-refractivity contribution in [3.8, 4) is 0 Å². The van der Waals surface area contributed by atoms with Crippen molar-refractivity contribution >= 4 is 5.96 Å². The molecule has 2 aliphatic carbocycles. The van der Waals surface area contributed by atoms with Gasteiger partial charge in [0, 0.05) is 37.8 Å². The quantitative estimate of drug-likeness (QED) is 0.535. The van der Waals surface area contributed by atoms with E-state index in [2.05, 4.69) is 29.5 Å². The monoisotopic (exact) mass is 367 g/mol. The molecule has 3 aliphatic rings. The highest BCUT2D eigenvalue weighted by Crippen LogP contribution is 2.53. The summed E-state index contributed by atoms with van der Waals surface area (Å²) < 4.78 is 17.4. The SMILES string of the molecule is CCOC1CC(NC(=NC)NC(C)COC2CCOC2)C12CCCCC2. The minimum Gasteiger partial charge on any atom is -0.379 e. The van der Waals surface area contributed by atoms with Gasteiger partial charge in [-0.1, -0.05) is 19.3 Å². The van der Waals surface area contributed by atoms with Gasteiger partial charge in [0.1, 0.15) is 0 Å². The molecule has 4 unspecified atom stereocenters. The molecule has 2 saturated carbocycles. The molecule has 0 aromatic carbocycles. The van der Waals surface area contributed by atoms with Crippen molar-refractivity contribution < 1.29 is 14.2 Å². The molecule has 1 saturated heterocycles. The first-order chi connectivity index (χ1) is 12.7. The normalized spacial score (nSPS) is 32.3. The van der Waals surface area contributed by atoms with E-state index in [0.29, 0.717) is 24.2 Å². The van der Waals surface area contributed by atoms with Crippen LogP contribution in [0.5, 0.6) is 0 Å². The van der Waals surface area contributed by atoms with E-state index in [1.54, 1.807) is 0 Å². The van der Waals surface area contributed by atoms with E-state index in [0.717, 1.165) is 38.6 Å². The summed E-state index contributed by atoms with van der Waals surface area (Å²) >= 11 is 0. The summed E-state index contributed by atoms with van der Waals surface area (Å²) in [6, 6.07) is 0.675. The Bertz CT molecular complexity index is 459. The molecular formula is C20H37N3O3. The Morgan fingerprint density at radius 2 is 2.08 bits per heavy atom. The Morgan fingerprint density at radius 3 is 2.73 bits per heavy atom. The third kappa shape index (κ3) is 4.52. The molecule has 2 N–H and O–H groups in total. The minimum absolute atomic E-state index is 0.215. The molecule has 3 rings (SSSR count). The first kappa shape index (κ1) is 19.9. The van der Waals surface area contributed by atoms with Gasteiger partial charge in [-0.3, -0.25) is 4.99 Å². The molecule has 0 bridgehead atoms. The van der Waals surface area contributed by atoms with Crippen LogP contribution in [-0.2, 0) is 14.2 Å². The molecule has 1 spiro atoms. The zero-order chi connectivity index (χ0) is 18.4. The van der Waals surface area contributed by atoms with Crippen molar-refractivity contribution in [2.45, 2.75) is 83.1 Å². The fourth-order valence-corrected chi connectivity index (χ4v) is 4.80. The van der Waals surface area contributed by atoms with Crippen LogP contribution in [0, 0.1) is 5.41 Å². The van der Waals surface area contributed by atoms with Gasteiger partial charge in [0.05, 0.1) is 25.4 Å². The van der Waals surface area contributed by atoms with Gasteiger partial charge in [0.25, 0.3) is 0 Å². The zero-order valence-electron chi connectivity index (χ0n) is 16.8. The lowest BCUT2D eigenvalue weighted by molar-refractivity contribution is -0.145. The van der Waals surface area contributed by atoms with Gasteiger partial charge in [-0.15, -0.1) is 0 Å². The molecule has 0 amide bonds. The van der Waals surface area contributed by atoms with E-state index in [4.69, 9.17) is 14.2 Å². The van der Waals surface area contributed by atoms with Gasteiger partial charge in [-0.2, -0.15) is 0 Å². The first-order valence-electron chi connectivity index (χ1n) is 10.5. The fraction of sp³-hybridized carbons (Fsp3) is 0.950. The average Bonchev–Trinajstić information content (AvgIpc) is 3.19. The van der Waals surface area contributed by atoms with Crippen LogP contribution < -0.4 is 10.6 Å². The van der Waals surface area contributed by atoms with Gasteiger partial charge in [0.15, 0.2) is 5.96 Å². The summed E-state index contributed by atoms with van der Waals surface area (Å²) in [5.41, 5.74) is 0.298. The predicted octanol–water partition coefficient (Wildman–Crippen LogP) is 2.47. The maximum absolute atomic E-state index is 6.06. The predicted molar refractivity (Wildman–Crippen MR) is 104 cm³/mol. The molecule has 150 valence electrons. The second-order valence-corrected chi connectivity index (χ2v) is 8.11.